The molecule has 0 saturated carbocycles. The number of hydrogen-bond donors (Lipinski definition) is 1. The molecule has 2 aliphatic rings. The van der Waals surface area contributed by atoms with Gasteiger partial charge in [-0.1, -0.05) is 30.3 Å². The molecule has 2 aliphatic heterocycles. The Morgan fingerprint density at radius 3 is 2.62 bits per heavy atom. The Hall–Kier alpha value is -2.44. The Kier molecular flexibility index (Phi) is 3.52. The van der Waals surface area contributed by atoms with Crippen LogP contribution in [-0.4, -0.2) is 38.6 Å². The molecule has 0 aliphatic carbocycles. The summed E-state index contributed by atoms with van der Waals surface area (Å²) in [7, 11) is -3.56. The second-order valence-corrected chi connectivity index (χ2v) is 8.93. The predicted molar refractivity (Wildman–Crippen MR) is 101 cm³/mol. The van der Waals surface area contributed by atoms with Gasteiger partial charge in [0.2, 0.25) is 9.84 Å². The van der Waals surface area contributed by atoms with Gasteiger partial charge < -0.3 is 10.2 Å². The van der Waals surface area contributed by atoms with E-state index < -0.39 is 9.84 Å². The summed E-state index contributed by atoms with van der Waals surface area (Å²) in [5.41, 5.74) is 1.97. The van der Waals surface area contributed by atoms with Crippen LogP contribution < -0.4 is 10.2 Å². The molecular weight excluding hydrogens is 346 g/mol. The number of para-hydroxylation sites is 1. The molecule has 0 radical (unpaired) electrons. The van der Waals surface area contributed by atoms with Crippen molar-refractivity contribution < 1.29 is 8.42 Å². The number of hydrogen-bond acceptors (Lipinski definition) is 5. The molecule has 2 fully saturated rings. The summed E-state index contributed by atoms with van der Waals surface area (Å²) in [4.78, 5) is 7.49. The highest BCUT2D eigenvalue weighted by Gasteiger charge is 2.38. The van der Waals surface area contributed by atoms with Gasteiger partial charge in [-0.2, -0.15) is 0 Å². The van der Waals surface area contributed by atoms with Crippen LogP contribution in [0.4, 0.5) is 5.69 Å². The van der Waals surface area contributed by atoms with Crippen LogP contribution in [0.2, 0.25) is 0 Å². The number of anilines is 1. The first kappa shape index (κ1) is 15.8. The smallest absolute Gasteiger partial charge is 0.208 e. The van der Waals surface area contributed by atoms with Crippen molar-refractivity contribution in [3.63, 3.8) is 0 Å². The lowest BCUT2D eigenvalue weighted by Gasteiger charge is -2.30. The number of fused-ring (bicyclic) bond motifs is 3. The van der Waals surface area contributed by atoms with Gasteiger partial charge >= 0.3 is 0 Å². The second-order valence-electron chi connectivity index (χ2n) is 6.98. The van der Waals surface area contributed by atoms with E-state index in [0.29, 0.717) is 17.0 Å². The first-order chi connectivity index (χ1) is 12.6. The Bertz CT molecular complexity index is 1080. The second kappa shape index (κ2) is 5.79. The van der Waals surface area contributed by atoms with Crippen molar-refractivity contribution in [3.8, 4) is 0 Å². The number of benzene rings is 2. The molecule has 0 amide bonds. The number of aromatic nitrogens is 1. The Balaban J connectivity index is 1.59. The van der Waals surface area contributed by atoms with E-state index in [0.717, 1.165) is 36.1 Å². The van der Waals surface area contributed by atoms with Crippen molar-refractivity contribution in [1.82, 2.24) is 10.3 Å². The van der Waals surface area contributed by atoms with Gasteiger partial charge in [0.1, 0.15) is 0 Å². The molecule has 3 heterocycles. The summed E-state index contributed by atoms with van der Waals surface area (Å²) < 4.78 is 25.7. The Labute approximate surface area is 152 Å². The minimum atomic E-state index is -3.56. The molecule has 26 heavy (non-hydrogen) atoms. The van der Waals surface area contributed by atoms with Gasteiger partial charge in [-0.05, 0) is 30.7 Å². The number of nitrogens with zero attached hydrogens (tertiary/aromatic N) is 2. The Morgan fingerprint density at radius 2 is 1.88 bits per heavy atom. The SMILES string of the molecule is O=S(=O)(c1ccccc1)c1cnc2c(N3C[C@@H]4C[C@H]3CN4)cccc2c1. The summed E-state index contributed by atoms with van der Waals surface area (Å²) in [5.74, 6) is 0. The molecule has 2 bridgehead atoms. The third-order valence-electron chi connectivity index (χ3n) is 5.39. The topological polar surface area (TPSA) is 62.3 Å². The van der Waals surface area contributed by atoms with Gasteiger partial charge in [-0.15, -0.1) is 0 Å². The average molecular weight is 365 g/mol. The van der Waals surface area contributed by atoms with E-state index in [9.17, 15) is 8.42 Å². The monoisotopic (exact) mass is 365 g/mol. The van der Waals surface area contributed by atoms with E-state index in [4.69, 9.17) is 0 Å². The van der Waals surface area contributed by atoms with E-state index in [1.165, 1.54) is 6.20 Å². The largest absolute Gasteiger partial charge is 0.364 e. The van der Waals surface area contributed by atoms with Crippen LogP contribution in [0, 0.1) is 0 Å². The maximum absolute atomic E-state index is 12.9. The molecule has 132 valence electrons. The van der Waals surface area contributed by atoms with Crippen molar-refractivity contribution in [1.29, 1.82) is 0 Å². The third-order valence-corrected chi connectivity index (χ3v) is 7.13. The molecule has 5 nitrogen and oxygen atoms in total. The highest BCUT2D eigenvalue weighted by Crippen LogP contribution is 2.34. The summed E-state index contributed by atoms with van der Waals surface area (Å²) >= 11 is 0. The van der Waals surface area contributed by atoms with Crippen LogP contribution in [0.25, 0.3) is 10.9 Å². The summed E-state index contributed by atoms with van der Waals surface area (Å²) in [6.07, 6.45) is 2.65. The quantitative estimate of drug-likeness (QED) is 0.773. The predicted octanol–water partition coefficient (Wildman–Crippen LogP) is 2.62. The highest BCUT2D eigenvalue weighted by atomic mass is 32.2. The normalized spacial score (nSPS) is 22.2. The van der Waals surface area contributed by atoms with Gasteiger partial charge in [0.05, 0.1) is 21.0 Å². The van der Waals surface area contributed by atoms with E-state index in [-0.39, 0.29) is 4.90 Å². The highest BCUT2D eigenvalue weighted by molar-refractivity contribution is 7.91. The molecule has 6 heteroatoms. The fraction of sp³-hybridized carbons (Fsp3) is 0.250. The first-order valence-corrected chi connectivity index (χ1v) is 10.3. The molecule has 2 atom stereocenters. The maximum Gasteiger partial charge on any atom is 0.208 e. The minimum Gasteiger partial charge on any atom is -0.364 e. The average Bonchev–Trinajstić information content (AvgIpc) is 3.31. The van der Waals surface area contributed by atoms with Crippen LogP contribution in [0.1, 0.15) is 6.42 Å². The zero-order valence-electron chi connectivity index (χ0n) is 14.2. The van der Waals surface area contributed by atoms with Gasteiger partial charge in [-0.3, -0.25) is 4.98 Å². The van der Waals surface area contributed by atoms with Crippen molar-refractivity contribution in [3.05, 3.63) is 60.8 Å². The molecule has 0 unspecified atom stereocenters. The molecule has 1 aromatic heterocycles. The van der Waals surface area contributed by atoms with Gasteiger partial charge in [0.15, 0.2) is 0 Å². The Morgan fingerprint density at radius 1 is 1.04 bits per heavy atom. The standard InChI is InChI=1S/C20H19N3O2S/c24-26(25,17-6-2-1-3-7-17)18-9-14-5-4-8-19(20(14)22-12-18)23-13-15-10-16(23)11-21-15/h1-9,12,15-16,21H,10-11,13H2/t15-,16-/m0/s1. The summed E-state index contributed by atoms with van der Waals surface area (Å²) in [6, 6.07) is 17.3. The molecule has 3 aromatic rings. The lowest BCUT2D eigenvalue weighted by atomic mass is 10.1. The molecule has 0 spiro atoms. The first-order valence-electron chi connectivity index (χ1n) is 8.82. The van der Waals surface area contributed by atoms with Crippen LogP contribution in [0.15, 0.2) is 70.6 Å². The van der Waals surface area contributed by atoms with Crippen LogP contribution in [-0.2, 0) is 9.84 Å². The van der Waals surface area contributed by atoms with Gasteiger partial charge in [0.25, 0.3) is 0 Å². The van der Waals surface area contributed by atoms with Crippen molar-refractivity contribution in [2.45, 2.75) is 28.3 Å². The number of rotatable bonds is 3. The molecule has 5 rings (SSSR count). The van der Waals surface area contributed by atoms with Crippen molar-refractivity contribution in [2.75, 3.05) is 18.0 Å². The molecule has 2 aromatic carbocycles. The van der Waals surface area contributed by atoms with E-state index >= 15 is 0 Å². The molecular formula is C20H19N3O2S. The van der Waals surface area contributed by atoms with E-state index in [1.807, 2.05) is 18.2 Å². The van der Waals surface area contributed by atoms with E-state index in [2.05, 4.69) is 21.3 Å². The van der Waals surface area contributed by atoms with Crippen LogP contribution in [0.5, 0.6) is 0 Å². The van der Waals surface area contributed by atoms with Gasteiger partial charge in [-0.25, -0.2) is 8.42 Å². The number of piperazine rings is 1. The fourth-order valence-corrected chi connectivity index (χ4v) is 5.36. The van der Waals surface area contributed by atoms with Gasteiger partial charge in [0, 0.05) is 36.8 Å². The summed E-state index contributed by atoms with van der Waals surface area (Å²) in [5, 5.41) is 4.37. The van der Waals surface area contributed by atoms with E-state index in [1.54, 1.807) is 30.3 Å². The van der Waals surface area contributed by atoms with Crippen LogP contribution in [0.3, 0.4) is 0 Å². The maximum atomic E-state index is 12.9. The zero-order chi connectivity index (χ0) is 17.7. The summed E-state index contributed by atoms with van der Waals surface area (Å²) in [6.45, 7) is 1.98. The molecule has 1 N–H and O–H groups in total. The lowest BCUT2D eigenvalue weighted by molar-refractivity contribution is 0.581. The third kappa shape index (κ3) is 2.40. The molecule has 2 saturated heterocycles. The number of sulfone groups is 1. The number of pyridine rings is 1. The van der Waals surface area contributed by atoms with Crippen molar-refractivity contribution >= 4 is 26.4 Å². The lowest BCUT2D eigenvalue weighted by Crippen LogP contribution is -2.43. The van der Waals surface area contributed by atoms with Crippen molar-refractivity contribution in [2.24, 2.45) is 0 Å². The van der Waals surface area contributed by atoms with Crippen LogP contribution >= 0.6 is 0 Å². The fourth-order valence-electron chi connectivity index (χ4n) is 4.09. The minimum absolute atomic E-state index is 0.234. The zero-order valence-corrected chi connectivity index (χ0v) is 15.0. The number of nitrogens with one attached hydrogen (secondary N) is 1.